The van der Waals surface area contributed by atoms with Crippen LogP contribution in [0.2, 0.25) is 0 Å². The monoisotopic (exact) mass is 304 g/mol. The molecular weight excluding hydrogens is 284 g/mol. The van der Waals surface area contributed by atoms with Crippen LogP contribution in [0.25, 0.3) is 22.8 Å². The highest BCUT2D eigenvalue weighted by Crippen LogP contribution is 2.32. The molecule has 0 N–H and O–H groups in total. The summed E-state index contributed by atoms with van der Waals surface area (Å²) >= 11 is 0. The van der Waals surface area contributed by atoms with E-state index in [1.165, 1.54) is 31.2 Å². The van der Waals surface area contributed by atoms with Gasteiger partial charge in [0.05, 0.1) is 5.56 Å². The lowest BCUT2D eigenvalue weighted by atomic mass is 10.1. The Kier molecular flexibility index (Phi) is 3.66. The first kappa shape index (κ1) is 14.1. The van der Waals surface area contributed by atoms with Crippen LogP contribution in [0.5, 0.6) is 0 Å². The Balaban J connectivity index is 1.67. The Morgan fingerprint density at radius 3 is 2.48 bits per heavy atom. The van der Waals surface area contributed by atoms with Gasteiger partial charge in [-0.3, -0.25) is 0 Å². The molecule has 1 aliphatic carbocycles. The van der Waals surface area contributed by atoms with Crippen molar-refractivity contribution in [1.29, 1.82) is 0 Å². The minimum absolute atomic E-state index is 0.573. The summed E-state index contributed by atoms with van der Waals surface area (Å²) in [6.45, 7) is 2.08. The molecule has 1 aromatic carbocycles. The van der Waals surface area contributed by atoms with E-state index in [0.717, 1.165) is 22.8 Å². The molecule has 1 aliphatic rings. The average molecular weight is 304 g/mol. The zero-order valence-corrected chi connectivity index (χ0v) is 13.3. The summed E-state index contributed by atoms with van der Waals surface area (Å²) in [6, 6.07) is 8.77. The van der Waals surface area contributed by atoms with Gasteiger partial charge in [-0.05, 0) is 25.3 Å². The summed E-state index contributed by atoms with van der Waals surface area (Å²) in [5, 5.41) is 0. The normalized spacial score (nSPS) is 15.2. The number of benzene rings is 1. The van der Waals surface area contributed by atoms with Crippen LogP contribution in [0.4, 0.5) is 0 Å². The van der Waals surface area contributed by atoms with Gasteiger partial charge in [0.25, 0.3) is 0 Å². The minimum atomic E-state index is 0.573. The van der Waals surface area contributed by atoms with E-state index in [2.05, 4.69) is 44.8 Å². The maximum atomic E-state index is 4.57. The second-order valence-corrected chi connectivity index (χ2v) is 6.21. The number of hydrogen-bond acceptors (Lipinski definition) is 3. The van der Waals surface area contributed by atoms with Gasteiger partial charge in [-0.2, -0.15) is 0 Å². The second-order valence-electron chi connectivity index (χ2n) is 6.21. The van der Waals surface area contributed by atoms with E-state index in [4.69, 9.17) is 0 Å². The van der Waals surface area contributed by atoms with Crippen LogP contribution in [0.15, 0.2) is 49.1 Å². The van der Waals surface area contributed by atoms with E-state index >= 15 is 0 Å². The van der Waals surface area contributed by atoms with Crippen molar-refractivity contribution in [3.05, 3.63) is 54.6 Å². The molecule has 3 aromatic rings. The highest BCUT2D eigenvalue weighted by atomic mass is 15.1. The lowest BCUT2D eigenvalue weighted by Gasteiger charge is -2.14. The maximum Gasteiger partial charge on any atom is 0.159 e. The number of nitrogens with zero attached hydrogens (tertiary/aromatic N) is 4. The van der Waals surface area contributed by atoms with Gasteiger partial charge in [0, 0.05) is 36.4 Å². The Bertz CT molecular complexity index is 798. The molecule has 116 valence electrons. The molecule has 0 bridgehead atoms. The highest BCUT2D eigenvalue weighted by Gasteiger charge is 2.20. The third kappa shape index (κ3) is 2.65. The molecule has 2 aromatic heterocycles. The van der Waals surface area contributed by atoms with E-state index in [0.29, 0.717) is 6.04 Å². The van der Waals surface area contributed by atoms with Crippen LogP contribution in [0.3, 0.4) is 0 Å². The molecule has 2 heterocycles. The maximum absolute atomic E-state index is 4.57. The molecule has 0 spiro atoms. The van der Waals surface area contributed by atoms with Crippen LogP contribution in [0, 0.1) is 6.92 Å². The predicted molar refractivity (Wildman–Crippen MR) is 90.9 cm³/mol. The van der Waals surface area contributed by atoms with Gasteiger partial charge < -0.3 is 4.57 Å². The Morgan fingerprint density at radius 2 is 1.74 bits per heavy atom. The summed E-state index contributed by atoms with van der Waals surface area (Å²) in [4.78, 5) is 13.7. The molecule has 4 nitrogen and oxygen atoms in total. The molecule has 4 rings (SSSR count). The number of aromatic nitrogens is 4. The van der Waals surface area contributed by atoms with Crippen molar-refractivity contribution in [3.63, 3.8) is 0 Å². The molecule has 0 aliphatic heterocycles. The predicted octanol–water partition coefficient (Wildman–Crippen LogP) is 4.43. The summed E-state index contributed by atoms with van der Waals surface area (Å²) in [6.07, 6.45) is 12.8. The summed E-state index contributed by atoms with van der Waals surface area (Å²) in [7, 11) is 0. The van der Waals surface area contributed by atoms with Gasteiger partial charge in [0.15, 0.2) is 5.82 Å². The summed E-state index contributed by atoms with van der Waals surface area (Å²) < 4.78 is 2.29. The van der Waals surface area contributed by atoms with Gasteiger partial charge in [-0.25, -0.2) is 15.0 Å². The summed E-state index contributed by atoms with van der Waals surface area (Å²) in [5.41, 5.74) is 3.25. The van der Waals surface area contributed by atoms with Gasteiger partial charge in [-0.15, -0.1) is 0 Å². The van der Waals surface area contributed by atoms with Crippen molar-refractivity contribution in [2.75, 3.05) is 0 Å². The highest BCUT2D eigenvalue weighted by molar-refractivity contribution is 5.61. The number of hydrogen-bond donors (Lipinski definition) is 0. The van der Waals surface area contributed by atoms with Gasteiger partial charge in [0.1, 0.15) is 5.82 Å². The topological polar surface area (TPSA) is 43.6 Å². The molecule has 1 fully saturated rings. The lowest BCUT2D eigenvalue weighted by Crippen LogP contribution is -2.06. The molecule has 1 saturated carbocycles. The standard InChI is InChI=1S/C19H20N4/c1-14-6-2-5-9-17(14)18-21-12-15(13-22-18)19-20-10-11-23(19)16-7-3-4-8-16/h2,5-6,9-13,16H,3-4,7-8H2,1H3. The van der Waals surface area contributed by atoms with Crippen molar-refractivity contribution in [2.24, 2.45) is 0 Å². The minimum Gasteiger partial charge on any atom is -0.328 e. The van der Waals surface area contributed by atoms with Crippen molar-refractivity contribution in [3.8, 4) is 22.8 Å². The fraction of sp³-hybridized carbons (Fsp3) is 0.316. The van der Waals surface area contributed by atoms with E-state index in [1.807, 2.05) is 30.7 Å². The number of aryl methyl sites for hydroxylation is 1. The molecule has 4 heteroatoms. The van der Waals surface area contributed by atoms with Crippen LogP contribution in [-0.4, -0.2) is 19.5 Å². The molecule has 0 radical (unpaired) electrons. The second kappa shape index (κ2) is 5.95. The van der Waals surface area contributed by atoms with E-state index in [-0.39, 0.29) is 0 Å². The first-order valence-electron chi connectivity index (χ1n) is 8.24. The third-order valence-electron chi connectivity index (χ3n) is 4.68. The van der Waals surface area contributed by atoms with Gasteiger partial charge in [0.2, 0.25) is 0 Å². The van der Waals surface area contributed by atoms with Crippen molar-refractivity contribution < 1.29 is 0 Å². The quantitative estimate of drug-likeness (QED) is 0.719. The zero-order chi connectivity index (χ0) is 15.6. The smallest absolute Gasteiger partial charge is 0.159 e. The molecular formula is C19H20N4. The van der Waals surface area contributed by atoms with Crippen LogP contribution >= 0.6 is 0 Å². The van der Waals surface area contributed by atoms with Crippen molar-refractivity contribution in [1.82, 2.24) is 19.5 Å². The van der Waals surface area contributed by atoms with Crippen LogP contribution in [-0.2, 0) is 0 Å². The van der Waals surface area contributed by atoms with E-state index < -0.39 is 0 Å². The molecule has 0 amide bonds. The summed E-state index contributed by atoms with van der Waals surface area (Å²) in [5.74, 6) is 1.75. The Hall–Kier alpha value is -2.49. The fourth-order valence-corrected chi connectivity index (χ4v) is 3.42. The molecule has 0 atom stereocenters. The fourth-order valence-electron chi connectivity index (χ4n) is 3.42. The van der Waals surface area contributed by atoms with Gasteiger partial charge >= 0.3 is 0 Å². The lowest BCUT2D eigenvalue weighted by molar-refractivity contribution is 0.523. The Morgan fingerprint density at radius 1 is 1.00 bits per heavy atom. The van der Waals surface area contributed by atoms with Crippen molar-refractivity contribution in [2.45, 2.75) is 38.6 Å². The van der Waals surface area contributed by atoms with Crippen LogP contribution < -0.4 is 0 Å². The number of rotatable bonds is 3. The molecule has 23 heavy (non-hydrogen) atoms. The first-order valence-corrected chi connectivity index (χ1v) is 8.24. The number of imidazole rings is 1. The average Bonchev–Trinajstić information content (AvgIpc) is 3.27. The largest absolute Gasteiger partial charge is 0.328 e. The SMILES string of the molecule is Cc1ccccc1-c1ncc(-c2nccn2C2CCCC2)cn1. The van der Waals surface area contributed by atoms with Crippen molar-refractivity contribution >= 4 is 0 Å². The van der Waals surface area contributed by atoms with E-state index in [1.54, 1.807) is 0 Å². The zero-order valence-electron chi connectivity index (χ0n) is 13.3. The van der Waals surface area contributed by atoms with E-state index in [9.17, 15) is 0 Å². The third-order valence-corrected chi connectivity index (χ3v) is 4.68. The first-order chi connectivity index (χ1) is 11.3. The molecule has 0 unspecified atom stereocenters. The van der Waals surface area contributed by atoms with Gasteiger partial charge in [-0.1, -0.05) is 37.1 Å². The van der Waals surface area contributed by atoms with Crippen LogP contribution in [0.1, 0.15) is 37.3 Å². The Labute approximate surface area is 136 Å². The molecule has 0 saturated heterocycles.